The summed E-state index contributed by atoms with van der Waals surface area (Å²) >= 11 is 0. The van der Waals surface area contributed by atoms with Crippen LogP contribution in [0.2, 0.25) is 0 Å². The van der Waals surface area contributed by atoms with E-state index in [2.05, 4.69) is 10.4 Å². The molecule has 1 aliphatic heterocycles. The number of amides is 1. The van der Waals surface area contributed by atoms with Crippen molar-refractivity contribution >= 4 is 21.7 Å². The number of anilines is 1. The summed E-state index contributed by atoms with van der Waals surface area (Å²) in [5.41, 5.74) is 5.72. The maximum atomic E-state index is 12.6. The zero-order valence-electron chi connectivity index (χ0n) is 12.2. The Morgan fingerprint density at radius 1 is 1.57 bits per heavy atom. The van der Waals surface area contributed by atoms with Crippen LogP contribution in [0.1, 0.15) is 26.7 Å². The number of aromatic nitrogens is 2. The van der Waals surface area contributed by atoms with E-state index in [1.54, 1.807) is 0 Å². The third-order valence-corrected chi connectivity index (χ3v) is 5.37. The number of piperidine rings is 1. The van der Waals surface area contributed by atoms with E-state index in [4.69, 9.17) is 5.73 Å². The minimum atomic E-state index is -3.68. The van der Waals surface area contributed by atoms with Crippen LogP contribution in [0.25, 0.3) is 0 Å². The van der Waals surface area contributed by atoms with Gasteiger partial charge < -0.3 is 11.1 Å². The van der Waals surface area contributed by atoms with Gasteiger partial charge >= 0.3 is 0 Å². The molecule has 0 aliphatic carbocycles. The fraction of sp³-hybridized carbons (Fsp3) is 0.667. The van der Waals surface area contributed by atoms with Gasteiger partial charge in [-0.15, -0.1) is 0 Å². The molecular weight excluding hydrogens is 294 g/mol. The number of nitrogens with two attached hydrogens (primary N) is 1. The molecule has 0 radical (unpaired) electrons. The van der Waals surface area contributed by atoms with Crippen molar-refractivity contribution in [2.24, 2.45) is 0 Å². The Bertz CT molecular complexity index is 625. The molecule has 9 heteroatoms. The van der Waals surface area contributed by atoms with Gasteiger partial charge in [-0.1, -0.05) is 0 Å². The molecule has 1 aliphatic rings. The van der Waals surface area contributed by atoms with E-state index in [-0.39, 0.29) is 29.2 Å². The van der Waals surface area contributed by atoms with Gasteiger partial charge in [-0.05, 0) is 19.8 Å². The molecule has 0 saturated carbocycles. The zero-order valence-corrected chi connectivity index (χ0v) is 13.1. The fourth-order valence-electron chi connectivity index (χ4n) is 2.48. The Morgan fingerprint density at radius 2 is 2.29 bits per heavy atom. The van der Waals surface area contributed by atoms with Crippen LogP contribution < -0.4 is 11.1 Å². The number of hydrogen-bond acceptors (Lipinski definition) is 5. The molecule has 1 aromatic rings. The Morgan fingerprint density at radius 3 is 2.86 bits per heavy atom. The third kappa shape index (κ3) is 3.35. The second-order valence-corrected chi connectivity index (χ2v) is 7.04. The number of carbonyl (C=O) groups is 1. The molecule has 1 aromatic heterocycles. The minimum absolute atomic E-state index is 0.0125. The molecule has 0 aromatic carbocycles. The molecule has 0 bridgehead atoms. The maximum absolute atomic E-state index is 12.6. The van der Waals surface area contributed by atoms with Crippen molar-refractivity contribution in [2.45, 2.75) is 44.2 Å². The molecule has 118 valence electrons. The van der Waals surface area contributed by atoms with Crippen molar-refractivity contribution in [3.63, 3.8) is 0 Å². The Labute approximate surface area is 124 Å². The summed E-state index contributed by atoms with van der Waals surface area (Å²) in [4.78, 5) is 11.2. The number of rotatable bonds is 4. The van der Waals surface area contributed by atoms with Crippen LogP contribution in [0.3, 0.4) is 0 Å². The molecule has 2 rings (SSSR count). The van der Waals surface area contributed by atoms with Crippen LogP contribution >= 0.6 is 0 Å². The molecule has 3 N–H and O–H groups in total. The molecule has 1 atom stereocenters. The first-order valence-corrected chi connectivity index (χ1v) is 8.38. The lowest BCUT2D eigenvalue weighted by atomic mass is 10.1. The van der Waals surface area contributed by atoms with Crippen molar-refractivity contribution in [1.82, 2.24) is 19.4 Å². The second kappa shape index (κ2) is 6.02. The van der Waals surface area contributed by atoms with Crippen LogP contribution in [-0.4, -0.2) is 47.5 Å². The van der Waals surface area contributed by atoms with Gasteiger partial charge in [-0.3, -0.25) is 9.48 Å². The van der Waals surface area contributed by atoms with Crippen LogP contribution in [0.15, 0.2) is 11.1 Å². The van der Waals surface area contributed by atoms with Crippen LogP contribution in [-0.2, 0) is 21.4 Å². The number of hydrogen-bond donors (Lipinski definition) is 2. The molecule has 1 unspecified atom stereocenters. The van der Waals surface area contributed by atoms with Crippen LogP contribution in [0.5, 0.6) is 0 Å². The minimum Gasteiger partial charge on any atom is -0.381 e. The molecule has 1 fully saturated rings. The predicted octanol–water partition coefficient (Wildman–Crippen LogP) is -0.226. The first kappa shape index (κ1) is 15.8. The molecule has 1 saturated heterocycles. The summed E-state index contributed by atoms with van der Waals surface area (Å²) in [6, 6.07) is -0.159. The van der Waals surface area contributed by atoms with E-state index in [0.29, 0.717) is 19.5 Å². The molecule has 1 amide bonds. The zero-order chi connectivity index (χ0) is 15.6. The summed E-state index contributed by atoms with van der Waals surface area (Å²) in [7, 11) is -3.68. The van der Waals surface area contributed by atoms with Gasteiger partial charge in [-0.25, -0.2) is 8.42 Å². The van der Waals surface area contributed by atoms with E-state index in [1.807, 2.05) is 6.92 Å². The standard InChI is InChI=1S/C12H21N5O3S/c1-3-16-8-11(12(13)15-16)21(19,20)17-6-4-5-10(7-17)14-9(2)18/h8,10H,3-7H2,1-2H3,(H2,13,15)(H,14,18). The largest absolute Gasteiger partial charge is 0.381 e. The van der Waals surface area contributed by atoms with Gasteiger partial charge in [-0.2, -0.15) is 9.40 Å². The number of nitrogen functional groups attached to an aromatic ring is 1. The number of nitrogens with one attached hydrogen (secondary N) is 1. The molecule has 0 spiro atoms. The van der Waals surface area contributed by atoms with Crippen molar-refractivity contribution in [1.29, 1.82) is 0 Å². The quantitative estimate of drug-likeness (QED) is 0.798. The summed E-state index contributed by atoms with van der Waals surface area (Å²) < 4.78 is 28.2. The Hall–Kier alpha value is -1.61. The SMILES string of the molecule is CCn1cc(S(=O)(=O)N2CCCC(NC(C)=O)C2)c(N)n1. The number of aryl methyl sites for hydroxylation is 1. The van der Waals surface area contributed by atoms with Gasteiger partial charge in [0.15, 0.2) is 5.82 Å². The van der Waals surface area contributed by atoms with Crippen molar-refractivity contribution in [3.8, 4) is 0 Å². The maximum Gasteiger partial charge on any atom is 0.248 e. The van der Waals surface area contributed by atoms with Gasteiger partial charge in [0, 0.05) is 38.8 Å². The summed E-state index contributed by atoms with van der Waals surface area (Å²) in [6.07, 6.45) is 2.92. The second-order valence-electron chi connectivity index (χ2n) is 5.14. The third-order valence-electron chi connectivity index (χ3n) is 3.49. The highest BCUT2D eigenvalue weighted by Crippen LogP contribution is 2.24. The van der Waals surface area contributed by atoms with E-state index in [9.17, 15) is 13.2 Å². The average Bonchev–Trinajstić information content (AvgIpc) is 2.80. The average molecular weight is 315 g/mol. The monoisotopic (exact) mass is 315 g/mol. The van der Waals surface area contributed by atoms with Gasteiger partial charge in [0.2, 0.25) is 15.9 Å². The normalized spacial score (nSPS) is 20.4. The lowest BCUT2D eigenvalue weighted by Gasteiger charge is -2.31. The summed E-state index contributed by atoms with van der Waals surface area (Å²) in [6.45, 7) is 4.52. The smallest absolute Gasteiger partial charge is 0.248 e. The lowest BCUT2D eigenvalue weighted by Crippen LogP contribution is -2.49. The molecule has 21 heavy (non-hydrogen) atoms. The Balaban J connectivity index is 2.22. The van der Waals surface area contributed by atoms with Crippen LogP contribution in [0.4, 0.5) is 5.82 Å². The molecule has 8 nitrogen and oxygen atoms in total. The van der Waals surface area contributed by atoms with E-state index in [0.717, 1.165) is 6.42 Å². The molecular formula is C12H21N5O3S. The highest BCUT2D eigenvalue weighted by Gasteiger charge is 2.33. The topological polar surface area (TPSA) is 110 Å². The van der Waals surface area contributed by atoms with Crippen molar-refractivity contribution in [3.05, 3.63) is 6.20 Å². The van der Waals surface area contributed by atoms with E-state index >= 15 is 0 Å². The lowest BCUT2D eigenvalue weighted by molar-refractivity contribution is -0.119. The van der Waals surface area contributed by atoms with Gasteiger partial charge in [0.1, 0.15) is 4.90 Å². The highest BCUT2D eigenvalue weighted by molar-refractivity contribution is 7.89. The number of nitrogens with zero attached hydrogens (tertiary/aromatic N) is 3. The number of carbonyl (C=O) groups excluding carboxylic acids is 1. The van der Waals surface area contributed by atoms with E-state index in [1.165, 1.54) is 22.1 Å². The first-order chi connectivity index (χ1) is 9.84. The van der Waals surface area contributed by atoms with Crippen molar-refractivity contribution in [2.75, 3.05) is 18.8 Å². The highest BCUT2D eigenvalue weighted by atomic mass is 32.2. The first-order valence-electron chi connectivity index (χ1n) is 6.94. The van der Waals surface area contributed by atoms with E-state index < -0.39 is 10.0 Å². The van der Waals surface area contributed by atoms with Crippen LogP contribution in [0, 0.1) is 0 Å². The summed E-state index contributed by atoms with van der Waals surface area (Å²) in [5, 5.41) is 6.75. The molecule has 2 heterocycles. The van der Waals surface area contributed by atoms with Crippen molar-refractivity contribution < 1.29 is 13.2 Å². The number of sulfonamides is 1. The van der Waals surface area contributed by atoms with Gasteiger partial charge in [0.05, 0.1) is 0 Å². The Kier molecular flexibility index (Phi) is 4.52. The predicted molar refractivity (Wildman–Crippen MR) is 77.9 cm³/mol. The summed E-state index contributed by atoms with van der Waals surface area (Å²) in [5.74, 6) is -0.143. The van der Waals surface area contributed by atoms with Gasteiger partial charge in [0.25, 0.3) is 0 Å². The fourth-order valence-corrected chi connectivity index (χ4v) is 4.07.